The highest BCUT2D eigenvalue weighted by atomic mass is 32.2. The molecule has 0 atom stereocenters. The molecular formula is C26H21N3O3S. The van der Waals surface area contributed by atoms with Gasteiger partial charge in [0.05, 0.1) is 34.9 Å². The molecule has 5 rings (SSSR count). The Hall–Kier alpha value is -3.97. The Balaban J connectivity index is 1.97. The van der Waals surface area contributed by atoms with Crippen LogP contribution in [0.25, 0.3) is 33.4 Å². The van der Waals surface area contributed by atoms with Gasteiger partial charge >= 0.3 is 0 Å². The molecule has 0 radical (unpaired) electrons. The Kier molecular flexibility index (Phi) is 5.18. The standard InChI is InChI=1S/C26H21N3O3S/c1-18-10-12-20(13-11-18)33(30,31)29-22-9-6-15-28-25(22)24(19-7-4-3-5-8-19)26(29)21-14-16-27-17-23(21)32-2/h3-17H,1-2H3. The van der Waals surface area contributed by atoms with Crippen LogP contribution in [0.1, 0.15) is 5.56 Å². The predicted molar refractivity (Wildman–Crippen MR) is 129 cm³/mol. The lowest BCUT2D eigenvalue weighted by Gasteiger charge is -2.15. The summed E-state index contributed by atoms with van der Waals surface area (Å²) in [6, 6.07) is 21.8. The van der Waals surface area contributed by atoms with E-state index in [1.165, 1.54) is 3.97 Å². The highest BCUT2D eigenvalue weighted by molar-refractivity contribution is 7.90. The molecule has 6 nitrogen and oxygen atoms in total. The Morgan fingerprint density at radius 3 is 2.36 bits per heavy atom. The highest BCUT2D eigenvalue weighted by Crippen LogP contribution is 2.44. The third-order valence-electron chi connectivity index (χ3n) is 5.56. The van der Waals surface area contributed by atoms with Crippen molar-refractivity contribution in [3.05, 3.63) is 97.0 Å². The van der Waals surface area contributed by atoms with E-state index in [2.05, 4.69) is 9.97 Å². The van der Waals surface area contributed by atoms with Crippen molar-refractivity contribution in [2.45, 2.75) is 11.8 Å². The van der Waals surface area contributed by atoms with Gasteiger partial charge in [0.25, 0.3) is 10.0 Å². The van der Waals surface area contributed by atoms with Crippen LogP contribution < -0.4 is 4.74 Å². The van der Waals surface area contributed by atoms with Crippen LogP contribution in [0.5, 0.6) is 5.75 Å². The Bertz CT molecular complexity index is 1560. The zero-order chi connectivity index (χ0) is 23.0. The molecule has 0 fully saturated rings. The zero-order valence-electron chi connectivity index (χ0n) is 18.1. The summed E-state index contributed by atoms with van der Waals surface area (Å²) in [4.78, 5) is 8.95. The van der Waals surface area contributed by atoms with Gasteiger partial charge in [-0.3, -0.25) is 9.97 Å². The van der Waals surface area contributed by atoms with Gasteiger partial charge in [0, 0.05) is 23.5 Å². The molecule has 0 saturated carbocycles. The second kappa shape index (κ2) is 8.18. The fraction of sp³-hybridized carbons (Fsp3) is 0.0769. The van der Waals surface area contributed by atoms with Crippen molar-refractivity contribution < 1.29 is 13.2 Å². The van der Waals surface area contributed by atoms with Gasteiger partial charge in [0.15, 0.2) is 0 Å². The Morgan fingerprint density at radius 1 is 0.879 bits per heavy atom. The van der Waals surface area contributed by atoms with Crippen molar-refractivity contribution in [3.63, 3.8) is 0 Å². The molecule has 0 N–H and O–H groups in total. The smallest absolute Gasteiger partial charge is 0.268 e. The lowest BCUT2D eigenvalue weighted by Crippen LogP contribution is -2.14. The second-order valence-electron chi connectivity index (χ2n) is 7.62. The highest BCUT2D eigenvalue weighted by Gasteiger charge is 2.30. The number of aromatic nitrogens is 3. The number of hydrogen-bond acceptors (Lipinski definition) is 5. The van der Waals surface area contributed by atoms with E-state index in [0.29, 0.717) is 33.6 Å². The number of rotatable bonds is 5. The molecular weight excluding hydrogens is 434 g/mol. The first-order valence-corrected chi connectivity index (χ1v) is 11.8. The molecule has 0 bridgehead atoms. The summed E-state index contributed by atoms with van der Waals surface area (Å²) < 4.78 is 35.1. The molecule has 5 aromatic rings. The summed E-state index contributed by atoms with van der Waals surface area (Å²) in [6.45, 7) is 1.92. The number of pyridine rings is 2. The van der Waals surface area contributed by atoms with Crippen LogP contribution in [-0.2, 0) is 10.0 Å². The maximum atomic E-state index is 14.1. The van der Waals surface area contributed by atoms with E-state index in [-0.39, 0.29) is 4.90 Å². The number of nitrogens with zero attached hydrogens (tertiary/aromatic N) is 3. The van der Waals surface area contributed by atoms with Crippen LogP contribution in [-0.4, -0.2) is 29.5 Å². The third-order valence-corrected chi connectivity index (χ3v) is 7.29. The van der Waals surface area contributed by atoms with Crippen LogP contribution in [0.2, 0.25) is 0 Å². The molecule has 33 heavy (non-hydrogen) atoms. The molecule has 0 saturated heterocycles. The van der Waals surface area contributed by atoms with Gasteiger partial charge in [0.2, 0.25) is 0 Å². The van der Waals surface area contributed by atoms with Gasteiger partial charge in [-0.25, -0.2) is 12.4 Å². The van der Waals surface area contributed by atoms with E-state index in [1.807, 2.05) is 37.3 Å². The van der Waals surface area contributed by atoms with E-state index >= 15 is 0 Å². The van der Waals surface area contributed by atoms with Gasteiger partial charge in [-0.15, -0.1) is 0 Å². The van der Waals surface area contributed by atoms with Crippen LogP contribution in [0.3, 0.4) is 0 Å². The average Bonchev–Trinajstić information content (AvgIpc) is 3.20. The largest absolute Gasteiger partial charge is 0.494 e. The molecule has 164 valence electrons. The molecule has 0 aliphatic heterocycles. The van der Waals surface area contributed by atoms with Gasteiger partial charge in [-0.1, -0.05) is 48.0 Å². The van der Waals surface area contributed by atoms with E-state index in [1.54, 1.807) is 68.2 Å². The summed E-state index contributed by atoms with van der Waals surface area (Å²) in [7, 11) is -2.43. The third kappa shape index (κ3) is 3.47. The number of aryl methyl sites for hydroxylation is 1. The lowest BCUT2D eigenvalue weighted by molar-refractivity contribution is 0.414. The molecule has 0 unspecified atom stereocenters. The quantitative estimate of drug-likeness (QED) is 0.359. The van der Waals surface area contributed by atoms with Crippen LogP contribution in [0.15, 0.2) is 96.3 Å². The van der Waals surface area contributed by atoms with Gasteiger partial charge < -0.3 is 4.74 Å². The first-order chi connectivity index (χ1) is 16.0. The summed E-state index contributed by atoms with van der Waals surface area (Å²) >= 11 is 0. The molecule has 7 heteroatoms. The molecule has 0 aliphatic rings. The van der Waals surface area contributed by atoms with Crippen LogP contribution in [0, 0.1) is 6.92 Å². The van der Waals surface area contributed by atoms with E-state index in [0.717, 1.165) is 11.1 Å². The number of hydrogen-bond donors (Lipinski definition) is 0. The van der Waals surface area contributed by atoms with E-state index in [9.17, 15) is 8.42 Å². The van der Waals surface area contributed by atoms with Crippen molar-refractivity contribution in [2.75, 3.05) is 7.11 Å². The SMILES string of the molecule is COc1cnccc1-c1c(-c2ccccc2)c2ncccc2n1S(=O)(=O)c1ccc(C)cc1. The Morgan fingerprint density at radius 2 is 1.64 bits per heavy atom. The van der Waals surface area contributed by atoms with Gasteiger partial charge in [-0.05, 0) is 42.8 Å². The summed E-state index contributed by atoms with van der Waals surface area (Å²) in [5.74, 6) is 0.470. The monoisotopic (exact) mass is 455 g/mol. The lowest BCUT2D eigenvalue weighted by atomic mass is 10.0. The minimum absolute atomic E-state index is 0.197. The first kappa shape index (κ1) is 20.9. The number of methoxy groups -OCH3 is 1. The predicted octanol–water partition coefficient (Wildman–Crippen LogP) is 5.32. The molecule has 0 spiro atoms. The summed E-state index contributed by atoms with van der Waals surface area (Å²) in [5.41, 5.74) is 4.72. The van der Waals surface area contributed by atoms with Crippen molar-refractivity contribution in [1.82, 2.24) is 13.9 Å². The van der Waals surface area contributed by atoms with E-state index < -0.39 is 10.0 Å². The van der Waals surface area contributed by atoms with Crippen molar-refractivity contribution in [2.24, 2.45) is 0 Å². The molecule has 0 amide bonds. The normalized spacial score (nSPS) is 11.6. The molecule has 0 aliphatic carbocycles. The minimum Gasteiger partial charge on any atom is -0.494 e. The van der Waals surface area contributed by atoms with Crippen molar-refractivity contribution in [1.29, 1.82) is 0 Å². The summed E-state index contributed by atoms with van der Waals surface area (Å²) in [5, 5.41) is 0. The topological polar surface area (TPSA) is 74.1 Å². The zero-order valence-corrected chi connectivity index (χ0v) is 19.0. The fourth-order valence-electron chi connectivity index (χ4n) is 4.01. The molecule has 3 aromatic heterocycles. The maximum absolute atomic E-state index is 14.1. The number of ether oxygens (including phenoxy) is 1. The Labute approximate surface area is 192 Å². The van der Waals surface area contributed by atoms with Crippen molar-refractivity contribution in [3.8, 4) is 28.1 Å². The van der Waals surface area contributed by atoms with E-state index in [4.69, 9.17) is 4.74 Å². The first-order valence-electron chi connectivity index (χ1n) is 10.4. The molecule has 2 aromatic carbocycles. The minimum atomic E-state index is -3.97. The number of benzene rings is 2. The fourth-order valence-corrected chi connectivity index (χ4v) is 5.54. The van der Waals surface area contributed by atoms with Crippen LogP contribution in [0.4, 0.5) is 0 Å². The van der Waals surface area contributed by atoms with Gasteiger partial charge in [0.1, 0.15) is 5.75 Å². The van der Waals surface area contributed by atoms with Crippen LogP contribution >= 0.6 is 0 Å². The summed E-state index contributed by atoms with van der Waals surface area (Å²) in [6.07, 6.45) is 4.88. The van der Waals surface area contributed by atoms with Gasteiger partial charge in [-0.2, -0.15) is 0 Å². The maximum Gasteiger partial charge on any atom is 0.268 e. The molecule has 3 heterocycles. The number of fused-ring (bicyclic) bond motifs is 1. The van der Waals surface area contributed by atoms with Crippen molar-refractivity contribution >= 4 is 21.1 Å². The average molecular weight is 456 g/mol. The second-order valence-corrected chi connectivity index (χ2v) is 9.41.